The van der Waals surface area contributed by atoms with Crippen molar-refractivity contribution >= 4 is 40.8 Å². The number of benzene rings is 1. The minimum absolute atomic E-state index is 0.0540. The van der Waals surface area contributed by atoms with Crippen LogP contribution in [0.3, 0.4) is 0 Å². The Labute approximate surface area is 215 Å². The van der Waals surface area contributed by atoms with E-state index in [1.54, 1.807) is 38.2 Å². The minimum atomic E-state index is -1.06. The number of rotatable bonds is 7. The van der Waals surface area contributed by atoms with Crippen molar-refractivity contribution in [3.8, 4) is 5.75 Å². The molecule has 1 aliphatic carbocycles. The highest BCUT2D eigenvalue weighted by Gasteiger charge is 2.43. The van der Waals surface area contributed by atoms with Crippen molar-refractivity contribution in [1.82, 2.24) is 15.6 Å². The van der Waals surface area contributed by atoms with Gasteiger partial charge >= 0.3 is 0 Å². The number of hydrogen-bond donors (Lipinski definition) is 2. The number of nitrogens with one attached hydrogen (secondary N) is 2. The molecule has 0 radical (unpaired) electrons. The first kappa shape index (κ1) is 24.2. The number of fused-ring (bicyclic) bond motifs is 2. The van der Waals surface area contributed by atoms with Gasteiger partial charge in [0.15, 0.2) is 5.60 Å². The average Bonchev–Trinajstić information content (AvgIpc) is 3.59. The van der Waals surface area contributed by atoms with Gasteiger partial charge in [-0.25, -0.2) is 4.98 Å². The molecule has 3 heterocycles. The molecule has 5 rings (SSSR count). The predicted octanol–water partition coefficient (Wildman–Crippen LogP) is 4.75. The molecular formula is C26H30Cl2N4O3. The zero-order valence-corrected chi connectivity index (χ0v) is 21.4. The summed E-state index contributed by atoms with van der Waals surface area (Å²) in [6.07, 6.45) is 7.60. The lowest BCUT2D eigenvalue weighted by Gasteiger charge is -2.40. The summed E-state index contributed by atoms with van der Waals surface area (Å²) in [7, 11) is 0. The molecule has 2 saturated heterocycles. The molecule has 35 heavy (non-hydrogen) atoms. The molecule has 2 amide bonds. The van der Waals surface area contributed by atoms with E-state index in [2.05, 4.69) is 20.5 Å². The van der Waals surface area contributed by atoms with Crippen molar-refractivity contribution in [3.63, 3.8) is 0 Å². The quantitative estimate of drug-likeness (QED) is 0.554. The number of ether oxygens (including phenoxy) is 1. The van der Waals surface area contributed by atoms with Crippen LogP contribution in [0.5, 0.6) is 5.75 Å². The molecule has 2 atom stereocenters. The van der Waals surface area contributed by atoms with Gasteiger partial charge in [-0.05, 0) is 76.6 Å². The highest BCUT2D eigenvalue weighted by molar-refractivity contribution is 6.42. The molecular weight excluding hydrogens is 487 g/mol. The maximum absolute atomic E-state index is 13.1. The molecule has 0 spiro atoms. The van der Waals surface area contributed by atoms with Gasteiger partial charge in [-0.15, -0.1) is 0 Å². The molecule has 2 bridgehead atoms. The Morgan fingerprint density at radius 1 is 0.971 bits per heavy atom. The van der Waals surface area contributed by atoms with E-state index in [0.717, 1.165) is 44.3 Å². The monoisotopic (exact) mass is 516 g/mol. The Hall–Kier alpha value is -2.51. The molecule has 2 aromatic rings. The zero-order valence-electron chi connectivity index (χ0n) is 19.9. The number of hydrogen-bond acceptors (Lipinski definition) is 5. The standard InChI is InChI=1S/C26H30Cl2N4O3/c1-26(2,35-20-8-9-21(27)22(28)13-20)25(34)31-17-11-18-6-7-19(12-17)32(18)23-10-3-15(14-29-23)24(33)30-16-4-5-16/h3,8-10,13-14,16-19H,4-7,11-12H2,1-2H3,(H,30,33)(H,31,34). The van der Waals surface area contributed by atoms with E-state index in [1.807, 2.05) is 12.1 Å². The minimum Gasteiger partial charge on any atom is -0.478 e. The van der Waals surface area contributed by atoms with E-state index in [4.69, 9.17) is 27.9 Å². The van der Waals surface area contributed by atoms with Crippen LogP contribution < -0.4 is 20.3 Å². The third-order valence-electron chi connectivity index (χ3n) is 7.07. The zero-order chi connectivity index (χ0) is 24.7. The van der Waals surface area contributed by atoms with Crippen molar-refractivity contribution in [3.05, 3.63) is 52.1 Å². The Balaban J connectivity index is 1.19. The van der Waals surface area contributed by atoms with Crippen molar-refractivity contribution in [2.24, 2.45) is 0 Å². The lowest BCUT2D eigenvalue weighted by molar-refractivity contribution is -0.135. The smallest absolute Gasteiger partial charge is 0.263 e. The highest BCUT2D eigenvalue weighted by Crippen LogP contribution is 2.39. The largest absolute Gasteiger partial charge is 0.478 e. The van der Waals surface area contributed by atoms with Gasteiger partial charge in [0.2, 0.25) is 0 Å². The third-order valence-corrected chi connectivity index (χ3v) is 7.81. The lowest BCUT2D eigenvalue weighted by atomic mass is 9.96. The van der Waals surface area contributed by atoms with Crippen LogP contribution in [0.1, 0.15) is 62.7 Å². The van der Waals surface area contributed by atoms with Crippen LogP contribution in [0.4, 0.5) is 5.82 Å². The van der Waals surface area contributed by atoms with E-state index >= 15 is 0 Å². The number of anilines is 1. The van der Waals surface area contributed by atoms with Gasteiger partial charge in [-0.2, -0.15) is 0 Å². The van der Waals surface area contributed by atoms with Gasteiger partial charge < -0.3 is 20.3 Å². The molecule has 2 N–H and O–H groups in total. The van der Waals surface area contributed by atoms with Crippen LogP contribution in [0.15, 0.2) is 36.5 Å². The number of piperidine rings is 1. The fraction of sp³-hybridized carbons (Fsp3) is 0.500. The Kier molecular flexibility index (Phi) is 6.57. The molecule has 186 valence electrons. The molecule has 1 saturated carbocycles. The fourth-order valence-electron chi connectivity index (χ4n) is 5.08. The van der Waals surface area contributed by atoms with Crippen LogP contribution >= 0.6 is 23.2 Å². The SMILES string of the molecule is CC(C)(Oc1ccc(Cl)c(Cl)c1)C(=O)NC1CC2CCC(C1)N2c1ccc(C(=O)NC2CC2)cn1. The fourth-order valence-corrected chi connectivity index (χ4v) is 5.37. The molecule has 2 aliphatic heterocycles. The van der Waals surface area contributed by atoms with Crippen molar-refractivity contribution in [2.75, 3.05) is 4.90 Å². The molecule has 2 unspecified atom stereocenters. The number of carbonyl (C=O) groups is 2. The van der Waals surface area contributed by atoms with Crippen LogP contribution in [0.25, 0.3) is 0 Å². The Morgan fingerprint density at radius 2 is 1.69 bits per heavy atom. The van der Waals surface area contributed by atoms with Gasteiger partial charge in [0.25, 0.3) is 11.8 Å². The second-order valence-corrected chi connectivity index (χ2v) is 11.1. The van der Waals surface area contributed by atoms with Crippen LogP contribution in [0, 0.1) is 0 Å². The van der Waals surface area contributed by atoms with Gasteiger partial charge in [0, 0.05) is 36.4 Å². The first-order chi connectivity index (χ1) is 16.7. The normalized spacial score (nSPS) is 23.7. The summed E-state index contributed by atoms with van der Waals surface area (Å²) < 4.78 is 5.95. The van der Waals surface area contributed by atoms with Gasteiger partial charge in [-0.3, -0.25) is 9.59 Å². The number of pyridine rings is 1. The molecule has 3 fully saturated rings. The van der Waals surface area contributed by atoms with Gasteiger partial charge in [0.1, 0.15) is 11.6 Å². The number of halogens is 2. The van der Waals surface area contributed by atoms with Crippen molar-refractivity contribution < 1.29 is 14.3 Å². The van der Waals surface area contributed by atoms with Crippen LogP contribution in [0.2, 0.25) is 10.0 Å². The van der Waals surface area contributed by atoms with Crippen LogP contribution in [-0.2, 0) is 4.79 Å². The maximum Gasteiger partial charge on any atom is 0.263 e. The number of nitrogens with zero attached hydrogens (tertiary/aromatic N) is 2. The van der Waals surface area contributed by atoms with E-state index < -0.39 is 5.60 Å². The molecule has 1 aromatic carbocycles. The lowest BCUT2D eigenvalue weighted by Crippen LogP contribution is -2.55. The number of aromatic nitrogens is 1. The van der Waals surface area contributed by atoms with E-state index in [1.165, 1.54) is 0 Å². The summed E-state index contributed by atoms with van der Waals surface area (Å²) in [6, 6.07) is 9.77. The number of carbonyl (C=O) groups excluding carboxylic acids is 2. The second-order valence-electron chi connectivity index (χ2n) is 10.3. The predicted molar refractivity (Wildman–Crippen MR) is 136 cm³/mol. The van der Waals surface area contributed by atoms with Crippen molar-refractivity contribution in [2.45, 2.75) is 82.1 Å². The molecule has 1 aromatic heterocycles. The highest BCUT2D eigenvalue weighted by atomic mass is 35.5. The summed E-state index contributed by atoms with van der Waals surface area (Å²) >= 11 is 12.1. The van der Waals surface area contributed by atoms with Gasteiger partial charge in [-0.1, -0.05) is 23.2 Å². The summed E-state index contributed by atoms with van der Waals surface area (Å²) in [5.74, 6) is 1.18. The summed E-state index contributed by atoms with van der Waals surface area (Å²) in [4.78, 5) is 32.3. The average molecular weight is 517 g/mol. The topological polar surface area (TPSA) is 83.6 Å². The van der Waals surface area contributed by atoms with E-state index in [9.17, 15) is 9.59 Å². The molecule has 9 heteroatoms. The molecule has 3 aliphatic rings. The summed E-state index contributed by atoms with van der Waals surface area (Å²) in [5.41, 5.74) is -0.467. The first-order valence-corrected chi connectivity index (χ1v) is 13.0. The number of amides is 2. The maximum atomic E-state index is 13.1. The summed E-state index contributed by atoms with van der Waals surface area (Å²) in [6.45, 7) is 3.50. The first-order valence-electron chi connectivity index (χ1n) is 12.2. The molecule has 7 nitrogen and oxygen atoms in total. The Morgan fingerprint density at radius 3 is 2.29 bits per heavy atom. The van der Waals surface area contributed by atoms with Crippen molar-refractivity contribution in [1.29, 1.82) is 0 Å². The van der Waals surface area contributed by atoms with Crippen LogP contribution in [-0.4, -0.2) is 46.6 Å². The Bertz CT molecular complexity index is 1110. The second kappa shape index (κ2) is 9.51. The summed E-state index contributed by atoms with van der Waals surface area (Å²) in [5, 5.41) is 7.03. The third kappa shape index (κ3) is 5.36. The van der Waals surface area contributed by atoms with E-state index in [0.29, 0.717) is 39.5 Å². The van der Waals surface area contributed by atoms with E-state index in [-0.39, 0.29) is 17.9 Å². The van der Waals surface area contributed by atoms with Gasteiger partial charge in [0.05, 0.1) is 15.6 Å².